The molecule has 156 valence electrons. The van der Waals surface area contributed by atoms with Gasteiger partial charge in [-0.15, -0.1) is 35.3 Å². The molecule has 0 amide bonds. The SMILES string of the molecule is CCNC(=NCCc1nc(C(F)(F)F)cs1)Nc1ccc(OC)c(OC)c1.I. The zero-order valence-electron chi connectivity index (χ0n) is 15.6. The fourth-order valence-electron chi connectivity index (χ4n) is 2.18. The third-order valence-corrected chi connectivity index (χ3v) is 4.34. The summed E-state index contributed by atoms with van der Waals surface area (Å²) in [4.78, 5) is 7.98. The van der Waals surface area contributed by atoms with Gasteiger partial charge in [0.1, 0.15) is 0 Å². The van der Waals surface area contributed by atoms with Crippen LogP contribution in [0.25, 0.3) is 0 Å². The minimum absolute atomic E-state index is 0. The summed E-state index contributed by atoms with van der Waals surface area (Å²) < 4.78 is 48.2. The number of benzene rings is 1. The van der Waals surface area contributed by atoms with Crippen molar-refractivity contribution in [1.82, 2.24) is 10.3 Å². The van der Waals surface area contributed by atoms with Crippen molar-refractivity contribution in [3.05, 3.63) is 34.3 Å². The van der Waals surface area contributed by atoms with Gasteiger partial charge in [0.15, 0.2) is 23.2 Å². The maximum atomic E-state index is 12.6. The molecule has 0 spiro atoms. The predicted octanol–water partition coefficient (Wildman–Crippen LogP) is 4.42. The van der Waals surface area contributed by atoms with Crippen molar-refractivity contribution in [3.8, 4) is 11.5 Å². The van der Waals surface area contributed by atoms with E-state index in [2.05, 4.69) is 20.6 Å². The molecule has 0 saturated heterocycles. The van der Waals surface area contributed by atoms with E-state index in [1.54, 1.807) is 26.4 Å². The number of ether oxygens (including phenoxy) is 2. The lowest BCUT2D eigenvalue weighted by Gasteiger charge is -2.13. The number of methoxy groups -OCH3 is 2. The van der Waals surface area contributed by atoms with Crippen molar-refractivity contribution in [2.45, 2.75) is 19.5 Å². The van der Waals surface area contributed by atoms with Crippen LogP contribution in [0.1, 0.15) is 17.6 Å². The van der Waals surface area contributed by atoms with Gasteiger partial charge < -0.3 is 20.1 Å². The quantitative estimate of drug-likeness (QED) is 0.316. The van der Waals surface area contributed by atoms with Crippen LogP contribution in [0.3, 0.4) is 0 Å². The number of guanidine groups is 1. The Morgan fingerprint density at radius 1 is 1.21 bits per heavy atom. The first-order chi connectivity index (χ1) is 12.9. The monoisotopic (exact) mass is 530 g/mol. The molecular weight excluding hydrogens is 508 g/mol. The average Bonchev–Trinajstić information content (AvgIpc) is 3.11. The summed E-state index contributed by atoms with van der Waals surface area (Å²) in [5, 5.41) is 7.63. The summed E-state index contributed by atoms with van der Waals surface area (Å²) in [7, 11) is 3.10. The fraction of sp³-hybridized carbons (Fsp3) is 0.412. The molecule has 0 aliphatic heterocycles. The summed E-state index contributed by atoms with van der Waals surface area (Å²) >= 11 is 0.983. The van der Waals surface area contributed by atoms with Crippen molar-refractivity contribution in [1.29, 1.82) is 0 Å². The standard InChI is InChI=1S/C17H21F3N4O2S.HI/c1-4-21-16(23-11-5-6-12(25-2)13(9-11)26-3)22-8-7-15-24-14(10-27-15)17(18,19)20;/h5-6,9-10H,4,7-8H2,1-3H3,(H2,21,22,23);1H. The Morgan fingerprint density at radius 2 is 1.93 bits per heavy atom. The first-order valence-corrected chi connectivity index (χ1v) is 9.04. The maximum absolute atomic E-state index is 12.6. The number of aliphatic imine (C=N–C) groups is 1. The first-order valence-electron chi connectivity index (χ1n) is 8.16. The molecule has 0 fully saturated rings. The van der Waals surface area contributed by atoms with Gasteiger partial charge in [0.25, 0.3) is 0 Å². The Bertz CT molecular complexity index is 784. The Hall–Kier alpha value is -1.76. The average molecular weight is 530 g/mol. The lowest BCUT2D eigenvalue weighted by atomic mass is 10.3. The van der Waals surface area contributed by atoms with Crippen molar-refractivity contribution < 1.29 is 22.6 Å². The van der Waals surface area contributed by atoms with Gasteiger partial charge >= 0.3 is 6.18 Å². The number of halogens is 4. The molecule has 1 aromatic carbocycles. The molecule has 2 rings (SSSR count). The Labute approximate surface area is 182 Å². The number of nitrogens with one attached hydrogen (secondary N) is 2. The molecule has 6 nitrogen and oxygen atoms in total. The molecule has 0 aliphatic carbocycles. The van der Waals surface area contributed by atoms with Crippen LogP contribution in [0.15, 0.2) is 28.6 Å². The summed E-state index contributed by atoms with van der Waals surface area (Å²) in [5.41, 5.74) is -0.122. The van der Waals surface area contributed by atoms with Crippen LogP contribution >= 0.6 is 35.3 Å². The van der Waals surface area contributed by atoms with E-state index in [-0.39, 0.29) is 24.0 Å². The van der Waals surface area contributed by atoms with E-state index in [9.17, 15) is 13.2 Å². The highest BCUT2D eigenvalue weighted by Crippen LogP contribution is 2.30. The lowest BCUT2D eigenvalue weighted by Crippen LogP contribution is -2.30. The normalized spacial score (nSPS) is 11.6. The molecule has 28 heavy (non-hydrogen) atoms. The number of alkyl halides is 3. The third-order valence-electron chi connectivity index (χ3n) is 3.43. The number of hydrogen-bond donors (Lipinski definition) is 2. The van der Waals surface area contributed by atoms with Crippen molar-refractivity contribution in [2.75, 3.05) is 32.6 Å². The summed E-state index contributed by atoms with van der Waals surface area (Å²) in [6.07, 6.45) is -4.09. The second-order valence-electron chi connectivity index (χ2n) is 5.33. The van der Waals surface area contributed by atoms with Gasteiger partial charge in [-0.25, -0.2) is 4.98 Å². The molecule has 0 unspecified atom stereocenters. The number of aromatic nitrogens is 1. The van der Waals surface area contributed by atoms with Crippen LogP contribution in [0.2, 0.25) is 0 Å². The molecule has 1 heterocycles. The van der Waals surface area contributed by atoms with E-state index in [1.807, 2.05) is 13.0 Å². The molecule has 11 heteroatoms. The van der Waals surface area contributed by atoms with Crippen LogP contribution in [0, 0.1) is 0 Å². The second kappa shape index (κ2) is 11.3. The Morgan fingerprint density at radius 3 is 2.50 bits per heavy atom. The van der Waals surface area contributed by atoms with Gasteiger partial charge in [-0.05, 0) is 19.1 Å². The zero-order chi connectivity index (χ0) is 19.9. The van der Waals surface area contributed by atoms with Crippen molar-refractivity contribution in [2.24, 2.45) is 4.99 Å². The van der Waals surface area contributed by atoms with E-state index in [0.29, 0.717) is 42.0 Å². The number of hydrogen-bond acceptors (Lipinski definition) is 5. The minimum Gasteiger partial charge on any atom is -0.493 e. The second-order valence-corrected chi connectivity index (χ2v) is 6.27. The third kappa shape index (κ3) is 7.00. The van der Waals surface area contributed by atoms with Crippen LogP contribution < -0.4 is 20.1 Å². The van der Waals surface area contributed by atoms with Gasteiger partial charge in [-0.1, -0.05) is 0 Å². The minimum atomic E-state index is -4.41. The van der Waals surface area contributed by atoms with Crippen LogP contribution in [-0.2, 0) is 12.6 Å². The van der Waals surface area contributed by atoms with E-state index in [4.69, 9.17) is 9.47 Å². The van der Waals surface area contributed by atoms with Gasteiger partial charge in [0.05, 0.1) is 19.2 Å². The lowest BCUT2D eigenvalue weighted by molar-refractivity contribution is -0.140. The molecule has 0 bridgehead atoms. The molecule has 0 saturated carbocycles. The van der Waals surface area contributed by atoms with Crippen LogP contribution in [0.4, 0.5) is 18.9 Å². The van der Waals surface area contributed by atoms with Crippen molar-refractivity contribution in [3.63, 3.8) is 0 Å². The van der Waals surface area contributed by atoms with Crippen LogP contribution in [0.5, 0.6) is 11.5 Å². The number of nitrogens with zero attached hydrogens (tertiary/aromatic N) is 2. The molecule has 1 aromatic heterocycles. The van der Waals surface area contributed by atoms with E-state index in [1.165, 1.54) is 0 Å². The molecule has 2 N–H and O–H groups in total. The number of anilines is 1. The summed E-state index contributed by atoms with van der Waals surface area (Å²) in [6.45, 7) is 2.85. The van der Waals surface area contributed by atoms with E-state index in [0.717, 1.165) is 22.4 Å². The molecule has 0 atom stereocenters. The molecule has 0 aliphatic rings. The maximum Gasteiger partial charge on any atom is 0.434 e. The largest absolute Gasteiger partial charge is 0.493 e. The molecular formula is C17H22F3IN4O2S. The Balaban J connectivity index is 0.00000392. The van der Waals surface area contributed by atoms with Gasteiger partial charge in [0, 0.05) is 36.6 Å². The Kier molecular flexibility index (Phi) is 9.79. The molecule has 0 radical (unpaired) electrons. The van der Waals surface area contributed by atoms with Crippen molar-refractivity contribution >= 4 is 47.0 Å². The highest BCUT2D eigenvalue weighted by molar-refractivity contribution is 14.0. The summed E-state index contributed by atoms with van der Waals surface area (Å²) in [5.74, 6) is 1.69. The highest BCUT2D eigenvalue weighted by Gasteiger charge is 2.33. The van der Waals surface area contributed by atoms with Gasteiger partial charge in [-0.2, -0.15) is 13.2 Å². The first kappa shape index (κ1) is 24.3. The number of rotatable bonds is 7. The smallest absolute Gasteiger partial charge is 0.434 e. The predicted molar refractivity (Wildman–Crippen MR) is 115 cm³/mol. The van der Waals surface area contributed by atoms with Crippen LogP contribution in [-0.4, -0.2) is 38.3 Å². The van der Waals surface area contributed by atoms with E-state index >= 15 is 0 Å². The van der Waals surface area contributed by atoms with Gasteiger partial charge in [0.2, 0.25) is 0 Å². The fourth-order valence-corrected chi connectivity index (χ4v) is 2.97. The number of thiazole rings is 1. The van der Waals surface area contributed by atoms with Gasteiger partial charge in [-0.3, -0.25) is 4.99 Å². The molecule has 2 aromatic rings. The topological polar surface area (TPSA) is 67.8 Å². The van der Waals surface area contributed by atoms with E-state index < -0.39 is 11.9 Å². The zero-order valence-corrected chi connectivity index (χ0v) is 18.7. The highest BCUT2D eigenvalue weighted by atomic mass is 127. The summed E-state index contributed by atoms with van der Waals surface area (Å²) in [6, 6.07) is 5.34.